The van der Waals surface area contributed by atoms with E-state index >= 15 is 0 Å². The van der Waals surface area contributed by atoms with Crippen LogP contribution >= 0.6 is 0 Å². The van der Waals surface area contributed by atoms with Crippen LogP contribution < -0.4 is 10.4 Å². The molecule has 0 saturated heterocycles. The normalized spacial score (nSPS) is 22.7. The molecule has 0 radical (unpaired) electrons. The van der Waals surface area contributed by atoms with Crippen LogP contribution in [0.25, 0.3) is 0 Å². The molecule has 0 aromatic heterocycles. The number of amidine groups is 1. The third-order valence-electron chi connectivity index (χ3n) is 4.41. The Balaban J connectivity index is 1.71. The summed E-state index contributed by atoms with van der Waals surface area (Å²) >= 11 is 0. The molecule has 1 atom stereocenters. The number of nitrogens with zero attached hydrogens (tertiary/aromatic N) is 1. The zero-order valence-corrected chi connectivity index (χ0v) is 11.6. The summed E-state index contributed by atoms with van der Waals surface area (Å²) in [6.45, 7) is 3.35. The molecular formula is C16H20N2O2. The van der Waals surface area contributed by atoms with E-state index in [0.29, 0.717) is 5.92 Å². The van der Waals surface area contributed by atoms with Crippen molar-refractivity contribution in [2.75, 3.05) is 19.6 Å². The monoisotopic (exact) mass is 272 g/mol. The van der Waals surface area contributed by atoms with Crippen LogP contribution in [0.5, 0.6) is 0 Å². The molecule has 4 nitrogen and oxygen atoms in total. The SMILES string of the molecule is O=C([O-])c1ccc(C2CCC3=[N+](CCCN3)CC2)cc1. The third kappa shape index (κ3) is 2.69. The highest BCUT2D eigenvalue weighted by Gasteiger charge is 2.25. The topological polar surface area (TPSA) is 55.2 Å². The van der Waals surface area contributed by atoms with Gasteiger partial charge in [0.1, 0.15) is 0 Å². The smallest absolute Gasteiger partial charge is 0.244 e. The Morgan fingerprint density at radius 2 is 2.00 bits per heavy atom. The highest BCUT2D eigenvalue weighted by molar-refractivity contribution is 5.85. The summed E-state index contributed by atoms with van der Waals surface area (Å²) < 4.78 is 2.47. The minimum atomic E-state index is -1.10. The van der Waals surface area contributed by atoms with Crippen LogP contribution in [0, 0.1) is 0 Å². The van der Waals surface area contributed by atoms with Crippen molar-refractivity contribution < 1.29 is 14.5 Å². The minimum absolute atomic E-state index is 0.260. The zero-order chi connectivity index (χ0) is 13.9. The molecule has 0 spiro atoms. The van der Waals surface area contributed by atoms with Gasteiger partial charge in [0.2, 0.25) is 5.84 Å². The van der Waals surface area contributed by atoms with E-state index in [0.717, 1.165) is 32.4 Å². The van der Waals surface area contributed by atoms with Gasteiger partial charge in [0.05, 0.1) is 25.6 Å². The van der Waals surface area contributed by atoms with Crippen molar-refractivity contribution >= 4 is 11.8 Å². The van der Waals surface area contributed by atoms with Crippen LogP contribution in [0.2, 0.25) is 0 Å². The Morgan fingerprint density at radius 3 is 2.75 bits per heavy atom. The largest absolute Gasteiger partial charge is 0.545 e. The molecule has 0 saturated carbocycles. The number of carboxylic acid groups (broad SMARTS) is 1. The van der Waals surface area contributed by atoms with Gasteiger partial charge in [-0.25, -0.2) is 0 Å². The fourth-order valence-electron chi connectivity index (χ4n) is 3.23. The molecule has 0 bridgehead atoms. The third-order valence-corrected chi connectivity index (χ3v) is 4.41. The highest BCUT2D eigenvalue weighted by atomic mass is 16.4. The van der Waals surface area contributed by atoms with Gasteiger partial charge in [0, 0.05) is 12.8 Å². The van der Waals surface area contributed by atoms with E-state index in [-0.39, 0.29) is 5.56 Å². The molecule has 1 aromatic rings. The summed E-state index contributed by atoms with van der Waals surface area (Å²) in [5, 5.41) is 14.3. The van der Waals surface area contributed by atoms with Crippen molar-refractivity contribution in [3.8, 4) is 0 Å². The summed E-state index contributed by atoms with van der Waals surface area (Å²) in [5.41, 5.74) is 1.51. The lowest BCUT2D eigenvalue weighted by Gasteiger charge is -2.15. The van der Waals surface area contributed by atoms with Crippen molar-refractivity contribution in [1.29, 1.82) is 0 Å². The first-order valence-corrected chi connectivity index (χ1v) is 7.40. The molecule has 0 fully saturated rings. The van der Waals surface area contributed by atoms with Crippen LogP contribution in [0.4, 0.5) is 0 Å². The predicted octanol–water partition coefficient (Wildman–Crippen LogP) is 0.722. The number of nitrogens with one attached hydrogen (secondary N) is 1. The molecule has 0 aliphatic carbocycles. The molecule has 3 rings (SSSR count). The number of rotatable bonds is 2. The number of carboxylic acids is 1. The van der Waals surface area contributed by atoms with Crippen molar-refractivity contribution in [3.05, 3.63) is 35.4 Å². The lowest BCUT2D eigenvalue weighted by atomic mass is 9.91. The van der Waals surface area contributed by atoms with E-state index < -0.39 is 5.97 Å². The van der Waals surface area contributed by atoms with E-state index in [1.165, 1.54) is 24.4 Å². The number of hydrogen-bond donors (Lipinski definition) is 1. The van der Waals surface area contributed by atoms with E-state index in [2.05, 4.69) is 9.89 Å². The van der Waals surface area contributed by atoms with Crippen LogP contribution in [-0.2, 0) is 0 Å². The van der Waals surface area contributed by atoms with Gasteiger partial charge in [-0.1, -0.05) is 24.3 Å². The molecule has 20 heavy (non-hydrogen) atoms. The standard InChI is InChI=1S/C16H20N2O2/c19-16(20)14-4-2-12(3-5-14)13-6-7-15-17-9-1-10-18(15)11-8-13/h2-5,13H,1,6-11H2,(H,19,20). The fourth-order valence-corrected chi connectivity index (χ4v) is 3.23. The molecule has 4 heteroatoms. The molecular weight excluding hydrogens is 252 g/mol. The Bertz CT molecular complexity index is 514. The first-order valence-electron chi connectivity index (χ1n) is 7.40. The summed E-state index contributed by atoms with van der Waals surface area (Å²) in [5.74, 6) is 0.810. The summed E-state index contributed by atoms with van der Waals surface area (Å²) in [6.07, 6.45) is 4.57. The Labute approximate surface area is 119 Å². The molecule has 0 amide bonds. The second-order valence-corrected chi connectivity index (χ2v) is 5.65. The van der Waals surface area contributed by atoms with E-state index in [1.54, 1.807) is 12.1 Å². The number of benzene rings is 1. The lowest BCUT2D eigenvalue weighted by Crippen LogP contribution is -2.40. The molecule has 2 aliphatic heterocycles. The molecule has 1 N–H and O–H groups in total. The maximum absolute atomic E-state index is 10.8. The van der Waals surface area contributed by atoms with Gasteiger partial charge in [-0.05, 0) is 29.9 Å². The quantitative estimate of drug-likeness (QED) is 0.807. The summed E-state index contributed by atoms with van der Waals surface area (Å²) in [6, 6.07) is 7.21. The van der Waals surface area contributed by atoms with E-state index in [1.807, 2.05) is 12.1 Å². The molecule has 2 heterocycles. The molecule has 2 aliphatic rings. The van der Waals surface area contributed by atoms with Crippen LogP contribution in [0.15, 0.2) is 24.3 Å². The van der Waals surface area contributed by atoms with Gasteiger partial charge in [-0.3, -0.25) is 9.89 Å². The van der Waals surface area contributed by atoms with Gasteiger partial charge in [-0.2, -0.15) is 0 Å². The van der Waals surface area contributed by atoms with Crippen LogP contribution in [0.3, 0.4) is 0 Å². The number of hydrogen-bond acceptors (Lipinski definition) is 3. The van der Waals surface area contributed by atoms with Crippen LogP contribution in [-0.4, -0.2) is 36.0 Å². The Morgan fingerprint density at radius 1 is 1.20 bits per heavy atom. The van der Waals surface area contributed by atoms with Gasteiger partial charge < -0.3 is 9.90 Å². The zero-order valence-electron chi connectivity index (χ0n) is 11.6. The van der Waals surface area contributed by atoms with Crippen molar-refractivity contribution in [3.63, 3.8) is 0 Å². The second kappa shape index (κ2) is 5.65. The predicted molar refractivity (Wildman–Crippen MR) is 75.0 cm³/mol. The average molecular weight is 272 g/mol. The van der Waals surface area contributed by atoms with E-state index in [4.69, 9.17) is 0 Å². The maximum Gasteiger partial charge on any atom is 0.244 e. The Hall–Kier alpha value is -1.84. The van der Waals surface area contributed by atoms with Crippen molar-refractivity contribution in [2.24, 2.45) is 0 Å². The van der Waals surface area contributed by atoms with Crippen molar-refractivity contribution in [1.82, 2.24) is 5.32 Å². The number of carbonyl (C=O) groups excluding carboxylic acids is 1. The fraction of sp³-hybridized carbons (Fsp3) is 0.500. The van der Waals surface area contributed by atoms with Crippen molar-refractivity contribution in [2.45, 2.75) is 31.6 Å². The van der Waals surface area contributed by atoms with E-state index in [9.17, 15) is 9.90 Å². The first kappa shape index (κ1) is 13.2. The second-order valence-electron chi connectivity index (χ2n) is 5.65. The number of carbonyl (C=O) groups is 1. The lowest BCUT2D eigenvalue weighted by molar-refractivity contribution is -0.534. The van der Waals surface area contributed by atoms with Crippen LogP contribution in [0.1, 0.15) is 47.5 Å². The highest BCUT2D eigenvalue weighted by Crippen LogP contribution is 2.27. The summed E-state index contributed by atoms with van der Waals surface area (Å²) in [4.78, 5) is 10.8. The number of aromatic carboxylic acids is 1. The molecule has 1 unspecified atom stereocenters. The maximum atomic E-state index is 10.8. The molecule has 106 valence electrons. The minimum Gasteiger partial charge on any atom is -0.545 e. The van der Waals surface area contributed by atoms with Gasteiger partial charge in [0.15, 0.2) is 0 Å². The van der Waals surface area contributed by atoms with Gasteiger partial charge in [0.25, 0.3) is 0 Å². The Kier molecular flexibility index (Phi) is 3.72. The summed E-state index contributed by atoms with van der Waals surface area (Å²) in [7, 11) is 0. The molecule has 1 aromatic carbocycles. The average Bonchev–Trinajstić information content (AvgIpc) is 2.70. The van der Waals surface area contributed by atoms with Gasteiger partial charge >= 0.3 is 0 Å². The van der Waals surface area contributed by atoms with Gasteiger partial charge in [-0.15, -0.1) is 0 Å². The first-order chi connectivity index (χ1) is 9.74.